The first kappa shape index (κ1) is 13.7. The first-order chi connectivity index (χ1) is 10.4. The second kappa shape index (κ2) is 6.47. The van der Waals surface area contributed by atoms with E-state index in [1.165, 1.54) is 5.39 Å². The van der Waals surface area contributed by atoms with Crippen LogP contribution in [0, 0.1) is 0 Å². The second-order valence-electron chi connectivity index (χ2n) is 4.71. The minimum absolute atomic E-state index is 0.543. The maximum atomic E-state index is 5.28. The van der Waals surface area contributed by atoms with Crippen LogP contribution in [0.1, 0.15) is 5.89 Å². The van der Waals surface area contributed by atoms with E-state index in [9.17, 15) is 0 Å². The van der Waals surface area contributed by atoms with Crippen LogP contribution in [0.4, 0.5) is 0 Å². The van der Waals surface area contributed by atoms with Gasteiger partial charge < -0.3 is 14.6 Å². The summed E-state index contributed by atoms with van der Waals surface area (Å²) < 4.78 is 10.3. The molecule has 1 aromatic heterocycles. The van der Waals surface area contributed by atoms with E-state index >= 15 is 0 Å². The Bertz CT molecular complexity index is 719. The number of ether oxygens (including phenoxy) is 1. The topological polar surface area (TPSA) is 60.2 Å². The molecule has 0 saturated carbocycles. The van der Waals surface area contributed by atoms with Crippen molar-refractivity contribution in [3.05, 3.63) is 48.4 Å². The Labute approximate surface area is 122 Å². The lowest BCUT2D eigenvalue weighted by atomic mass is 10.0. The molecule has 5 heteroatoms. The maximum Gasteiger partial charge on any atom is 0.240 e. The fraction of sp³-hybridized carbons (Fsp3) is 0.250. The molecule has 108 valence electrons. The third-order valence-corrected chi connectivity index (χ3v) is 3.26. The highest BCUT2D eigenvalue weighted by Crippen LogP contribution is 2.26. The van der Waals surface area contributed by atoms with Gasteiger partial charge in [-0.25, -0.2) is 0 Å². The fourth-order valence-corrected chi connectivity index (χ4v) is 2.23. The zero-order valence-corrected chi connectivity index (χ0v) is 11.9. The third-order valence-electron chi connectivity index (χ3n) is 3.26. The molecule has 5 nitrogen and oxygen atoms in total. The Balaban J connectivity index is 1.81. The summed E-state index contributed by atoms with van der Waals surface area (Å²) in [5, 5.41) is 9.55. The van der Waals surface area contributed by atoms with Crippen LogP contribution in [0.2, 0.25) is 0 Å². The number of hydrogen-bond acceptors (Lipinski definition) is 5. The van der Waals surface area contributed by atoms with Crippen LogP contribution in [0.15, 0.2) is 47.0 Å². The molecule has 0 spiro atoms. The Morgan fingerprint density at radius 1 is 1.14 bits per heavy atom. The van der Waals surface area contributed by atoms with E-state index in [1.807, 2.05) is 24.3 Å². The molecule has 0 bridgehead atoms. The zero-order chi connectivity index (χ0) is 14.5. The van der Waals surface area contributed by atoms with Crippen LogP contribution in [-0.2, 0) is 11.3 Å². The predicted molar refractivity (Wildman–Crippen MR) is 80.8 cm³/mol. The van der Waals surface area contributed by atoms with E-state index in [-0.39, 0.29) is 0 Å². The normalized spacial score (nSPS) is 11.1. The van der Waals surface area contributed by atoms with E-state index in [4.69, 9.17) is 9.26 Å². The van der Waals surface area contributed by atoms with E-state index in [1.54, 1.807) is 7.11 Å². The molecule has 3 aromatic rings. The standard InChI is InChI=1S/C16H17N3O2/c1-20-10-9-17-11-15-18-16(19-21-15)14-8-4-6-12-5-2-3-7-13(12)14/h2-8,17H,9-11H2,1H3. The summed E-state index contributed by atoms with van der Waals surface area (Å²) >= 11 is 0. The molecule has 0 unspecified atom stereocenters. The van der Waals surface area contributed by atoms with Gasteiger partial charge in [-0.1, -0.05) is 47.6 Å². The molecule has 0 radical (unpaired) electrons. The highest BCUT2D eigenvalue weighted by molar-refractivity contribution is 5.94. The maximum absolute atomic E-state index is 5.28. The first-order valence-corrected chi connectivity index (χ1v) is 6.89. The minimum Gasteiger partial charge on any atom is -0.383 e. The summed E-state index contributed by atoms with van der Waals surface area (Å²) in [5.74, 6) is 1.20. The molecule has 2 aromatic carbocycles. The smallest absolute Gasteiger partial charge is 0.240 e. The quantitative estimate of drug-likeness (QED) is 0.705. The van der Waals surface area contributed by atoms with Gasteiger partial charge in [-0.2, -0.15) is 4.98 Å². The van der Waals surface area contributed by atoms with Crippen LogP contribution in [-0.4, -0.2) is 30.4 Å². The number of aromatic nitrogens is 2. The monoisotopic (exact) mass is 283 g/mol. The van der Waals surface area contributed by atoms with Crippen LogP contribution < -0.4 is 5.32 Å². The van der Waals surface area contributed by atoms with Crippen molar-refractivity contribution in [3.8, 4) is 11.4 Å². The van der Waals surface area contributed by atoms with Crippen LogP contribution in [0.3, 0.4) is 0 Å². The van der Waals surface area contributed by atoms with Gasteiger partial charge in [0.25, 0.3) is 0 Å². The van der Waals surface area contributed by atoms with Gasteiger partial charge in [-0.05, 0) is 10.8 Å². The molecule has 21 heavy (non-hydrogen) atoms. The summed E-state index contributed by atoms with van der Waals surface area (Å²) in [6.07, 6.45) is 0. The number of nitrogens with zero attached hydrogens (tertiary/aromatic N) is 2. The Kier molecular flexibility index (Phi) is 4.23. The van der Waals surface area contributed by atoms with Crippen molar-refractivity contribution < 1.29 is 9.26 Å². The van der Waals surface area contributed by atoms with Crippen LogP contribution in [0.25, 0.3) is 22.2 Å². The highest BCUT2D eigenvalue weighted by Gasteiger charge is 2.10. The fourth-order valence-electron chi connectivity index (χ4n) is 2.23. The van der Waals surface area contributed by atoms with E-state index in [0.29, 0.717) is 24.9 Å². The van der Waals surface area contributed by atoms with Gasteiger partial charge in [-0.3, -0.25) is 0 Å². The van der Waals surface area contributed by atoms with Gasteiger partial charge in [0.15, 0.2) is 0 Å². The number of nitrogens with one attached hydrogen (secondary N) is 1. The number of fused-ring (bicyclic) bond motifs is 1. The average Bonchev–Trinajstić information content (AvgIpc) is 3.00. The van der Waals surface area contributed by atoms with Gasteiger partial charge in [0, 0.05) is 19.2 Å². The number of benzene rings is 2. The Morgan fingerprint density at radius 2 is 2.00 bits per heavy atom. The summed E-state index contributed by atoms with van der Waals surface area (Å²) in [6.45, 7) is 1.95. The SMILES string of the molecule is COCCNCc1nc(-c2cccc3ccccc23)no1. The Morgan fingerprint density at radius 3 is 2.90 bits per heavy atom. The highest BCUT2D eigenvalue weighted by atomic mass is 16.5. The van der Waals surface area contributed by atoms with Crippen molar-refractivity contribution in [3.63, 3.8) is 0 Å². The number of rotatable bonds is 6. The largest absolute Gasteiger partial charge is 0.383 e. The lowest BCUT2D eigenvalue weighted by Gasteiger charge is -2.01. The molecule has 0 aliphatic carbocycles. The molecule has 0 aliphatic heterocycles. The molecule has 0 aliphatic rings. The summed E-state index contributed by atoms with van der Waals surface area (Å²) in [5.41, 5.74) is 0.986. The lowest BCUT2D eigenvalue weighted by Crippen LogP contribution is -2.18. The molecule has 1 heterocycles. The molecule has 0 atom stereocenters. The Hall–Kier alpha value is -2.24. The second-order valence-corrected chi connectivity index (χ2v) is 4.71. The number of hydrogen-bond donors (Lipinski definition) is 1. The van der Waals surface area contributed by atoms with E-state index in [0.717, 1.165) is 17.5 Å². The molecule has 3 rings (SSSR count). The summed E-state index contributed by atoms with van der Waals surface area (Å²) in [7, 11) is 1.67. The third kappa shape index (κ3) is 3.09. The van der Waals surface area contributed by atoms with E-state index < -0.39 is 0 Å². The first-order valence-electron chi connectivity index (χ1n) is 6.89. The molecule has 0 amide bonds. The van der Waals surface area contributed by atoms with Gasteiger partial charge >= 0.3 is 0 Å². The van der Waals surface area contributed by atoms with Crippen molar-refractivity contribution in [1.29, 1.82) is 0 Å². The van der Waals surface area contributed by atoms with Gasteiger partial charge in [0.1, 0.15) is 0 Å². The van der Waals surface area contributed by atoms with Crippen LogP contribution >= 0.6 is 0 Å². The van der Waals surface area contributed by atoms with Gasteiger partial charge in [-0.15, -0.1) is 0 Å². The molecule has 0 fully saturated rings. The van der Waals surface area contributed by atoms with Crippen molar-refractivity contribution in [2.24, 2.45) is 0 Å². The lowest BCUT2D eigenvalue weighted by molar-refractivity contribution is 0.197. The molecule has 0 saturated heterocycles. The predicted octanol–water partition coefficient (Wildman–Crippen LogP) is 2.63. The van der Waals surface area contributed by atoms with E-state index in [2.05, 4.69) is 33.7 Å². The van der Waals surface area contributed by atoms with Gasteiger partial charge in [0.05, 0.1) is 13.2 Å². The minimum atomic E-state index is 0.543. The molecule has 1 N–H and O–H groups in total. The van der Waals surface area contributed by atoms with Crippen LogP contribution in [0.5, 0.6) is 0 Å². The van der Waals surface area contributed by atoms with Gasteiger partial charge in [0.2, 0.25) is 11.7 Å². The van der Waals surface area contributed by atoms with Crippen molar-refractivity contribution in [2.45, 2.75) is 6.54 Å². The summed E-state index contributed by atoms with van der Waals surface area (Å²) in [6, 6.07) is 14.3. The zero-order valence-electron chi connectivity index (χ0n) is 11.9. The summed E-state index contributed by atoms with van der Waals surface area (Å²) in [4.78, 5) is 4.45. The average molecular weight is 283 g/mol. The molecular formula is C16H17N3O2. The van der Waals surface area contributed by atoms with Crippen molar-refractivity contribution in [1.82, 2.24) is 15.5 Å². The van der Waals surface area contributed by atoms with Crippen molar-refractivity contribution >= 4 is 10.8 Å². The molecular weight excluding hydrogens is 266 g/mol. The number of methoxy groups -OCH3 is 1. The van der Waals surface area contributed by atoms with Crippen molar-refractivity contribution in [2.75, 3.05) is 20.3 Å².